The molecule has 0 spiro atoms. The number of benzene rings is 3. The molecule has 9 rings (SSSR count). The molecule has 0 radical (unpaired) electrons. The normalized spacial score (nSPS) is 13.1. The van der Waals surface area contributed by atoms with E-state index in [-0.39, 0.29) is 18.0 Å². The summed E-state index contributed by atoms with van der Waals surface area (Å²) in [4.78, 5) is 28.8. The average Bonchev–Trinajstić information content (AvgIpc) is 3.93. The zero-order valence-electron chi connectivity index (χ0n) is 27.3. The van der Waals surface area contributed by atoms with Crippen molar-refractivity contribution in [3.05, 3.63) is 119 Å². The van der Waals surface area contributed by atoms with Crippen LogP contribution in [0.3, 0.4) is 0 Å². The van der Waals surface area contributed by atoms with Crippen LogP contribution in [0.15, 0.2) is 79.4 Å². The summed E-state index contributed by atoms with van der Waals surface area (Å²) < 4.78 is 48.5. The van der Waals surface area contributed by atoms with Crippen LogP contribution >= 0.6 is 0 Å². The van der Waals surface area contributed by atoms with E-state index < -0.39 is 17.7 Å². The minimum absolute atomic E-state index is 0.00962. The van der Waals surface area contributed by atoms with Crippen molar-refractivity contribution in [2.45, 2.75) is 33.0 Å². The van der Waals surface area contributed by atoms with Gasteiger partial charge in [0.05, 0.1) is 49.2 Å². The Morgan fingerprint density at radius 1 is 0.731 bits per heavy atom. The third-order valence-electron chi connectivity index (χ3n) is 8.83. The molecule has 2 aliphatic heterocycles. The van der Waals surface area contributed by atoms with Gasteiger partial charge in [0, 0.05) is 34.6 Å². The number of carbonyl (C=O) groups is 1. The molecule has 3 aromatic carbocycles. The monoisotopic (exact) mass is 704 g/mol. The Labute approximate surface area is 293 Å². The van der Waals surface area contributed by atoms with Gasteiger partial charge in [-0.3, -0.25) is 5.32 Å². The first-order valence-electron chi connectivity index (χ1n) is 16.0. The SMILES string of the molecule is Nc1ccc(-n2c3c(c4ncnc(N)c42)COC3)cc1F.Nc1ncnc2c3c(n(-c4ccc(NC(=O)OCc5ccccc5)c(F)c4)c12)COC3. The predicted molar refractivity (Wildman–Crippen MR) is 188 cm³/mol. The largest absolute Gasteiger partial charge is 0.444 e. The summed E-state index contributed by atoms with van der Waals surface area (Å²) in [7, 11) is 0. The lowest BCUT2D eigenvalue weighted by atomic mass is 10.2. The number of aromatic nitrogens is 6. The molecule has 0 aliphatic carbocycles. The molecule has 0 saturated heterocycles. The molecule has 0 atom stereocenters. The summed E-state index contributed by atoms with van der Waals surface area (Å²) >= 11 is 0. The van der Waals surface area contributed by atoms with Crippen LogP contribution in [0.5, 0.6) is 0 Å². The van der Waals surface area contributed by atoms with Crippen LogP contribution in [0, 0.1) is 11.6 Å². The second-order valence-electron chi connectivity index (χ2n) is 12.0. The van der Waals surface area contributed by atoms with E-state index in [2.05, 4.69) is 25.3 Å². The van der Waals surface area contributed by atoms with E-state index in [4.69, 9.17) is 31.4 Å². The highest BCUT2D eigenvalue weighted by Crippen LogP contribution is 2.37. The molecule has 16 heteroatoms. The number of nitrogen functional groups attached to an aromatic ring is 3. The fourth-order valence-corrected chi connectivity index (χ4v) is 6.43. The van der Waals surface area contributed by atoms with Crippen LogP contribution in [-0.2, 0) is 47.2 Å². The van der Waals surface area contributed by atoms with E-state index in [0.29, 0.717) is 66.0 Å². The summed E-state index contributed by atoms with van der Waals surface area (Å²) in [6.45, 7) is 1.75. The Morgan fingerprint density at radius 3 is 1.85 bits per heavy atom. The summed E-state index contributed by atoms with van der Waals surface area (Å²) in [5, 5.41) is 2.43. The third-order valence-corrected chi connectivity index (χ3v) is 8.83. The molecule has 2 aliphatic rings. The van der Waals surface area contributed by atoms with Crippen molar-refractivity contribution in [2.24, 2.45) is 0 Å². The second-order valence-corrected chi connectivity index (χ2v) is 12.0. The van der Waals surface area contributed by atoms with Crippen molar-refractivity contribution in [2.75, 3.05) is 22.5 Å². The maximum absolute atomic E-state index is 14.8. The molecule has 14 nitrogen and oxygen atoms in total. The van der Waals surface area contributed by atoms with Gasteiger partial charge in [-0.2, -0.15) is 0 Å². The Balaban J connectivity index is 0.000000160. The third kappa shape index (κ3) is 5.74. The molecule has 0 fully saturated rings. The first kappa shape index (κ1) is 32.5. The number of amides is 1. The molecule has 0 bridgehead atoms. The molecule has 6 heterocycles. The quantitative estimate of drug-likeness (QED) is 0.161. The van der Waals surface area contributed by atoms with Gasteiger partial charge in [0.2, 0.25) is 0 Å². The lowest BCUT2D eigenvalue weighted by Crippen LogP contribution is -2.14. The van der Waals surface area contributed by atoms with E-state index in [9.17, 15) is 13.6 Å². The Morgan fingerprint density at radius 2 is 1.29 bits per heavy atom. The number of ether oxygens (including phenoxy) is 3. The standard InChI is InChI=1S/C22H18FN5O3.C14H12FN5O/c23-16-8-14(6-7-17(16)27-22(29)31-9-13-4-2-1-3-5-13)28-18-11-30-10-15(18)19-20(28)21(24)26-12-25-19;15-9-3-7(1-2-10(9)16)20-11-5-21-4-8(11)12-13(20)14(17)19-6-18-12/h1-8,12H,9-11H2,(H,27,29)(H2,24,25,26);1-3,6H,4-5,16H2,(H2,17,18,19). The van der Waals surface area contributed by atoms with Crippen molar-refractivity contribution in [3.8, 4) is 11.4 Å². The van der Waals surface area contributed by atoms with Gasteiger partial charge in [-0.1, -0.05) is 30.3 Å². The summed E-state index contributed by atoms with van der Waals surface area (Å²) in [6, 6.07) is 18.3. The zero-order chi connectivity index (χ0) is 35.9. The molecule has 1 amide bonds. The number of halogens is 2. The average molecular weight is 705 g/mol. The lowest BCUT2D eigenvalue weighted by molar-refractivity contribution is 0.132. The van der Waals surface area contributed by atoms with Gasteiger partial charge in [-0.25, -0.2) is 33.5 Å². The van der Waals surface area contributed by atoms with E-state index in [1.165, 1.54) is 36.9 Å². The number of rotatable bonds is 5. The summed E-state index contributed by atoms with van der Waals surface area (Å²) in [6.07, 6.45) is 2.08. The molecule has 52 heavy (non-hydrogen) atoms. The minimum Gasteiger partial charge on any atom is -0.444 e. The molecule has 7 N–H and O–H groups in total. The fraction of sp³-hybridized carbons (Fsp3) is 0.139. The molecule has 7 aromatic rings. The number of hydrogen-bond donors (Lipinski definition) is 4. The number of hydrogen-bond acceptors (Lipinski definition) is 11. The van der Waals surface area contributed by atoms with E-state index in [0.717, 1.165) is 33.6 Å². The predicted octanol–water partition coefficient (Wildman–Crippen LogP) is 5.67. The molecule has 4 aromatic heterocycles. The molecular weight excluding hydrogens is 674 g/mol. The molecule has 0 unspecified atom stereocenters. The van der Waals surface area contributed by atoms with E-state index in [1.54, 1.807) is 16.7 Å². The summed E-state index contributed by atoms with van der Waals surface area (Å²) in [5.74, 6) is -0.435. The van der Waals surface area contributed by atoms with Crippen LogP contribution in [0.4, 0.5) is 36.6 Å². The van der Waals surface area contributed by atoms with Gasteiger partial charge in [0.15, 0.2) is 11.6 Å². The minimum atomic E-state index is -0.742. The lowest BCUT2D eigenvalue weighted by Gasteiger charge is -2.13. The Hall–Kier alpha value is -6.65. The summed E-state index contributed by atoms with van der Waals surface area (Å²) in [5.41, 5.74) is 26.1. The van der Waals surface area contributed by atoms with Crippen molar-refractivity contribution in [1.82, 2.24) is 29.1 Å². The van der Waals surface area contributed by atoms with Crippen LogP contribution in [0.1, 0.15) is 28.1 Å². The van der Waals surface area contributed by atoms with Gasteiger partial charge in [-0.15, -0.1) is 0 Å². The van der Waals surface area contributed by atoms with Gasteiger partial charge >= 0.3 is 6.09 Å². The molecule has 262 valence electrons. The fourth-order valence-electron chi connectivity index (χ4n) is 6.43. The highest BCUT2D eigenvalue weighted by molar-refractivity contribution is 5.92. The van der Waals surface area contributed by atoms with Crippen molar-refractivity contribution in [1.29, 1.82) is 0 Å². The van der Waals surface area contributed by atoms with Gasteiger partial charge in [0.25, 0.3) is 0 Å². The number of carbonyl (C=O) groups excluding carboxylic acids is 1. The maximum atomic E-state index is 14.8. The van der Waals surface area contributed by atoms with Crippen molar-refractivity contribution < 1.29 is 27.8 Å². The van der Waals surface area contributed by atoms with Crippen molar-refractivity contribution in [3.63, 3.8) is 0 Å². The van der Waals surface area contributed by atoms with Gasteiger partial charge in [0.1, 0.15) is 53.0 Å². The van der Waals surface area contributed by atoms with Crippen LogP contribution < -0.4 is 22.5 Å². The number of anilines is 4. The van der Waals surface area contributed by atoms with Gasteiger partial charge in [-0.05, 0) is 29.8 Å². The second kappa shape index (κ2) is 13.2. The Kier molecular flexibility index (Phi) is 8.29. The first-order valence-corrected chi connectivity index (χ1v) is 16.0. The van der Waals surface area contributed by atoms with Gasteiger partial charge < -0.3 is 40.5 Å². The number of nitrogens with two attached hydrogens (primary N) is 3. The molecular formula is C36H30F2N10O4. The number of fused-ring (bicyclic) bond motifs is 6. The van der Waals surface area contributed by atoms with Crippen LogP contribution in [-0.4, -0.2) is 35.2 Å². The highest BCUT2D eigenvalue weighted by atomic mass is 19.1. The van der Waals surface area contributed by atoms with E-state index in [1.807, 2.05) is 34.9 Å². The zero-order valence-corrected chi connectivity index (χ0v) is 27.3. The van der Waals surface area contributed by atoms with Crippen LogP contribution in [0.2, 0.25) is 0 Å². The highest BCUT2D eigenvalue weighted by Gasteiger charge is 2.27. The topological polar surface area (TPSA) is 196 Å². The van der Waals surface area contributed by atoms with Crippen molar-refractivity contribution >= 4 is 51.2 Å². The smallest absolute Gasteiger partial charge is 0.412 e. The maximum Gasteiger partial charge on any atom is 0.412 e. The van der Waals surface area contributed by atoms with E-state index >= 15 is 0 Å². The van der Waals surface area contributed by atoms with Crippen LogP contribution in [0.25, 0.3) is 33.4 Å². The number of nitrogens with zero attached hydrogens (tertiary/aromatic N) is 6. The number of nitrogens with one attached hydrogen (secondary N) is 1. The Bertz CT molecular complexity index is 2500. The molecule has 0 saturated carbocycles. The first-order chi connectivity index (χ1) is 25.3.